The summed E-state index contributed by atoms with van der Waals surface area (Å²) < 4.78 is 17.2. The summed E-state index contributed by atoms with van der Waals surface area (Å²) in [7, 11) is 5.38. The van der Waals surface area contributed by atoms with Crippen molar-refractivity contribution in [3.8, 4) is 0 Å². The third-order valence-corrected chi connectivity index (χ3v) is 10.5. The number of nitrogens with zero attached hydrogens (tertiary/aromatic N) is 1. The molecular weight excluding hydrogens is 835 g/mol. The smallest absolute Gasteiger partial charge is 0.306 e. The van der Waals surface area contributed by atoms with E-state index in [1.165, 1.54) is 0 Å². The number of hydrogen-bond acceptors (Lipinski definition) is 7. The topological polar surface area (TPSA) is 102 Å². The first-order chi connectivity index (χ1) is 32.6. The number of unbranched alkanes of at least 4 members (excludes halogenated alkanes) is 8. The molecule has 8 nitrogen and oxygen atoms in total. The normalized spacial score (nSPS) is 14.0. The van der Waals surface area contributed by atoms with Gasteiger partial charge in [-0.25, -0.2) is 0 Å². The van der Waals surface area contributed by atoms with E-state index in [-0.39, 0.29) is 49.1 Å². The van der Waals surface area contributed by atoms with Crippen molar-refractivity contribution in [3.05, 3.63) is 134 Å². The molecule has 2 unspecified atom stereocenters. The van der Waals surface area contributed by atoms with Crippen molar-refractivity contribution < 1.29 is 38.2 Å². The minimum Gasteiger partial charge on any atom is -0.544 e. The number of aliphatic carboxylic acids is 1. The van der Waals surface area contributed by atoms with E-state index in [1.807, 2.05) is 0 Å². The zero-order valence-electron chi connectivity index (χ0n) is 42.8. The number of allylic oxidation sites excluding steroid dienone is 22. The molecule has 8 heteroatoms. The van der Waals surface area contributed by atoms with E-state index in [4.69, 9.17) is 14.2 Å². The summed E-state index contributed by atoms with van der Waals surface area (Å²) in [5, 5.41) is 11.7. The molecule has 0 aromatic heterocycles. The Kier molecular flexibility index (Phi) is 44.7. The van der Waals surface area contributed by atoms with Crippen molar-refractivity contribution in [1.29, 1.82) is 0 Å². The second-order valence-corrected chi connectivity index (χ2v) is 17.6. The van der Waals surface area contributed by atoms with Crippen LogP contribution in [0.5, 0.6) is 0 Å². The number of rotatable bonds is 44. The van der Waals surface area contributed by atoms with Crippen LogP contribution in [0.4, 0.5) is 0 Å². The molecule has 67 heavy (non-hydrogen) atoms. The Balaban J connectivity index is 4.39. The van der Waals surface area contributed by atoms with Crippen LogP contribution in [0.15, 0.2) is 134 Å². The number of ether oxygens (including phenoxy) is 3. The molecule has 0 bridgehead atoms. The first-order valence-corrected chi connectivity index (χ1v) is 25.7. The fraction of sp³-hybridized carbons (Fsp3) is 0.576. The second-order valence-electron chi connectivity index (χ2n) is 17.6. The fourth-order valence-corrected chi connectivity index (χ4v) is 6.63. The van der Waals surface area contributed by atoms with E-state index in [0.717, 1.165) is 135 Å². The predicted molar refractivity (Wildman–Crippen MR) is 281 cm³/mol. The molecule has 376 valence electrons. The highest BCUT2D eigenvalue weighted by atomic mass is 16.6. The Morgan fingerprint density at radius 1 is 0.448 bits per heavy atom. The van der Waals surface area contributed by atoms with Gasteiger partial charge < -0.3 is 28.6 Å². The first-order valence-electron chi connectivity index (χ1n) is 25.7. The molecule has 0 heterocycles. The Morgan fingerprint density at radius 3 is 1.15 bits per heavy atom. The predicted octanol–water partition coefficient (Wildman–Crippen LogP) is 13.8. The van der Waals surface area contributed by atoms with Crippen molar-refractivity contribution in [2.75, 3.05) is 41.0 Å². The molecule has 0 aliphatic heterocycles. The zero-order chi connectivity index (χ0) is 49.2. The highest BCUT2D eigenvalue weighted by molar-refractivity contribution is 5.70. The van der Waals surface area contributed by atoms with Gasteiger partial charge >= 0.3 is 11.9 Å². The number of esters is 2. The number of carbonyl (C=O) groups is 3. The average molecular weight is 928 g/mol. The molecule has 2 atom stereocenters. The van der Waals surface area contributed by atoms with Gasteiger partial charge in [-0.05, 0) is 109 Å². The maximum Gasteiger partial charge on any atom is 0.306 e. The molecular formula is C59H93NO7. The van der Waals surface area contributed by atoms with Gasteiger partial charge in [-0.1, -0.05) is 173 Å². The van der Waals surface area contributed by atoms with Gasteiger partial charge in [-0.2, -0.15) is 0 Å². The molecule has 0 aromatic rings. The fourth-order valence-electron chi connectivity index (χ4n) is 6.63. The van der Waals surface area contributed by atoms with Gasteiger partial charge in [0.1, 0.15) is 12.6 Å². The maximum atomic E-state index is 12.8. The van der Waals surface area contributed by atoms with Crippen LogP contribution in [-0.2, 0) is 28.6 Å². The van der Waals surface area contributed by atoms with Crippen molar-refractivity contribution >= 4 is 17.9 Å². The van der Waals surface area contributed by atoms with Gasteiger partial charge in [0, 0.05) is 19.3 Å². The summed E-state index contributed by atoms with van der Waals surface area (Å²) in [6.07, 6.45) is 69.1. The van der Waals surface area contributed by atoms with Gasteiger partial charge in [-0.15, -0.1) is 0 Å². The minimum absolute atomic E-state index is 0.0117. The lowest BCUT2D eigenvalue weighted by atomic mass is 10.1. The third-order valence-electron chi connectivity index (χ3n) is 10.5. The maximum absolute atomic E-state index is 12.8. The minimum atomic E-state index is -1.14. The molecule has 0 aromatic carbocycles. The Hall–Kier alpha value is -4.53. The summed E-state index contributed by atoms with van der Waals surface area (Å²) in [6.45, 7) is 4.36. The van der Waals surface area contributed by atoms with Crippen LogP contribution < -0.4 is 5.11 Å². The number of carbonyl (C=O) groups excluding carboxylic acids is 3. The summed E-state index contributed by atoms with van der Waals surface area (Å²) in [5.41, 5.74) is 0. The van der Waals surface area contributed by atoms with Crippen LogP contribution in [-0.4, -0.2) is 75.5 Å². The summed E-state index contributed by atoms with van der Waals surface area (Å²) in [4.78, 5) is 37.1. The van der Waals surface area contributed by atoms with Crippen LogP contribution in [0.1, 0.15) is 168 Å². The Bertz CT molecular complexity index is 1550. The molecule has 0 radical (unpaired) electrons. The van der Waals surface area contributed by atoms with E-state index >= 15 is 0 Å². The Labute approximate surface area is 409 Å². The lowest BCUT2D eigenvalue weighted by Gasteiger charge is -2.34. The van der Waals surface area contributed by atoms with Gasteiger partial charge in [0.05, 0.1) is 40.3 Å². The first kappa shape index (κ1) is 62.5. The molecule has 0 aliphatic carbocycles. The molecule has 0 aliphatic rings. The quantitative estimate of drug-likeness (QED) is 0.0259. The number of likely N-dealkylation sites (N-methyl/N-ethyl adjacent to an activating group) is 1. The monoisotopic (exact) mass is 928 g/mol. The largest absolute Gasteiger partial charge is 0.544 e. The molecule has 0 rings (SSSR count). The van der Waals surface area contributed by atoms with Gasteiger partial charge in [-0.3, -0.25) is 9.59 Å². The Morgan fingerprint density at radius 2 is 0.791 bits per heavy atom. The molecule has 0 spiro atoms. The molecule has 0 N–H and O–H groups in total. The van der Waals surface area contributed by atoms with Crippen molar-refractivity contribution in [2.24, 2.45) is 0 Å². The average Bonchev–Trinajstić information content (AvgIpc) is 3.29. The molecule has 0 fully saturated rings. The van der Waals surface area contributed by atoms with Crippen LogP contribution in [0.25, 0.3) is 0 Å². The SMILES string of the molecule is CC/C=C/C/C=C/C/C=C/C/C=C/C/C=C/C/C=C/CCCCCCC(=O)OCC(COCCC(C(=O)[O-])[N+](C)(C)C)OC(=O)CCCCCC/C=C/C/C=C/C/C=C/C/C=C/C/C=C/CC. The second kappa shape index (κ2) is 47.9. The van der Waals surface area contributed by atoms with E-state index in [9.17, 15) is 19.5 Å². The van der Waals surface area contributed by atoms with Crippen molar-refractivity contribution in [3.63, 3.8) is 0 Å². The van der Waals surface area contributed by atoms with E-state index in [1.54, 1.807) is 21.1 Å². The third kappa shape index (κ3) is 46.4. The lowest BCUT2D eigenvalue weighted by molar-refractivity contribution is -0.889. The van der Waals surface area contributed by atoms with Crippen LogP contribution in [0.3, 0.4) is 0 Å². The van der Waals surface area contributed by atoms with E-state index in [2.05, 4.69) is 148 Å². The number of quaternary nitrogens is 1. The number of hydrogen-bond donors (Lipinski definition) is 0. The van der Waals surface area contributed by atoms with Crippen molar-refractivity contribution in [1.82, 2.24) is 0 Å². The summed E-state index contributed by atoms with van der Waals surface area (Å²) in [6, 6.07) is -0.745. The van der Waals surface area contributed by atoms with Crippen LogP contribution in [0, 0.1) is 0 Å². The van der Waals surface area contributed by atoms with E-state index < -0.39 is 18.1 Å². The standard InChI is InChI=1S/C59H93NO7/c1-6-8-10-12-14-16-18-20-22-24-26-28-29-30-32-33-35-37-39-41-43-45-47-49-57(61)66-54-55(53-65-52-51-56(59(63)64)60(3,4)5)67-58(62)50-48-46-44-42-40-38-36-34-31-27-25-23-21-19-17-15-13-11-9-7-2/h8-11,14-17,20-23,26-28,30-32,35-38,55-56H,6-7,12-13,18-19,24-25,29,33-34,39-54H2,1-5H3/b10-8+,11-9+,16-14+,17-15+,22-20+,23-21+,28-26+,31-27+,32-30+,37-35+,38-36+. The highest BCUT2D eigenvalue weighted by Crippen LogP contribution is 2.12. The lowest BCUT2D eigenvalue weighted by Crippen LogP contribution is -2.55. The molecule has 0 saturated carbocycles. The number of carboxylic acid groups (broad SMARTS) is 1. The zero-order valence-corrected chi connectivity index (χ0v) is 42.8. The van der Waals surface area contributed by atoms with Gasteiger partial charge in [0.2, 0.25) is 0 Å². The van der Waals surface area contributed by atoms with Gasteiger partial charge in [0.25, 0.3) is 0 Å². The van der Waals surface area contributed by atoms with Crippen molar-refractivity contribution in [2.45, 2.75) is 180 Å². The summed E-state index contributed by atoms with van der Waals surface area (Å²) >= 11 is 0. The highest BCUT2D eigenvalue weighted by Gasteiger charge is 2.25. The van der Waals surface area contributed by atoms with Gasteiger partial charge in [0.15, 0.2) is 6.10 Å². The van der Waals surface area contributed by atoms with Crippen LogP contribution in [0.2, 0.25) is 0 Å². The molecule has 0 saturated heterocycles. The molecule has 0 amide bonds. The van der Waals surface area contributed by atoms with E-state index in [0.29, 0.717) is 6.42 Å². The summed E-state index contributed by atoms with van der Waals surface area (Å²) in [5.74, 6) is -1.82. The van der Waals surface area contributed by atoms with Crippen LogP contribution >= 0.6 is 0 Å². The number of carboxylic acids is 1.